The summed E-state index contributed by atoms with van der Waals surface area (Å²) in [5.74, 6) is -0.739. The Labute approximate surface area is 128 Å². The van der Waals surface area contributed by atoms with Gasteiger partial charge in [-0.15, -0.1) is 0 Å². The zero-order valence-electron chi connectivity index (χ0n) is 12.5. The fraction of sp³-hybridized carbons (Fsp3) is 0.429. The van der Waals surface area contributed by atoms with E-state index in [1.54, 1.807) is 24.3 Å². The average molecular weight is 330 g/mol. The van der Waals surface area contributed by atoms with Crippen molar-refractivity contribution in [2.45, 2.75) is 26.4 Å². The van der Waals surface area contributed by atoms with Gasteiger partial charge in [-0.3, -0.25) is 14.2 Å². The lowest BCUT2D eigenvalue weighted by atomic mass is 10.2. The average Bonchev–Trinajstić information content (AvgIpc) is 2.46. The highest BCUT2D eigenvalue weighted by Crippen LogP contribution is 2.42. The molecule has 0 bridgehead atoms. The van der Waals surface area contributed by atoms with Crippen LogP contribution in [-0.2, 0) is 30.0 Å². The van der Waals surface area contributed by atoms with E-state index in [1.807, 2.05) is 6.92 Å². The van der Waals surface area contributed by atoms with Crippen LogP contribution in [0.4, 0.5) is 0 Å². The molecule has 1 rings (SSSR count). The number of ether oxygens (including phenoxy) is 2. The van der Waals surface area contributed by atoms with Gasteiger partial charge in [0.1, 0.15) is 11.9 Å². The summed E-state index contributed by atoms with van der Waals surface area (Å²) >= 11 is 0. The topological polar surface area (TPSA) is 99.1 Å². The summed E-state index contributed by atoms with van der Waals surface area (Å²) in [5, 5.41) is 0. The molecular weight excluding hydrogens is 311 g/mol. The second kappa shape index (κ2) is 8.68. The predicted molar refractivity (Wildman–Crippen MR) is 78.5 cm³/mol. The number of esters is 2. The van der Waals surface area contributed by atoms with Gasteiger partial charge in [-0.2, -0.15) is 0 Å². The number of methoxy groups -OCH3 is 1. The zero-order valence-corrected chi connectivity index (χ0v) is 13.4. The van der Waals surface area contributed by atoms with Crippen molar-refractivity contribution in [2.75, 3.05) is 13.3 Å². The molecule has 0 aromatic heterocycles. The Morgan fingerprint density at radius 1 is 1.18 bits per heavy atom. The summed E-state index contributed by atoms with van der Waals surface area (Å²) in [6, 6.07) is 6.34. The first-order valence-corrected chi connectivity index (χ1v) is 8.45. The third-order valence-corrected chi connectivity index (χ3v) is 3.79. The number of carbonyl (C=O) groups excluding carboxylic acids is 2. The molecule has 0 aliphatic carbocycles. The van der Waals surface area contributed by atoms with E-state index in [4.69, 9.17) is 9.26 Å². The van der Waals surface area contributed by atoms with Crippen LogP contribution in [0.15, 0.2) is 24.3 Å². The largest absolute Gasteiger partial charge is 0.469 e. The van der Waals surface area contributed by atoms with Gasteiger partial charge in [0.2, 0.25) is 0 Å². The van der Waals surface area contributed by atoms with Crippen LogP contribution in [0.5, 0.6) is 5.75 Å². The van der Waals surface area contributed by atoms with E-state index in [0.717, 1.165) is 7.11 Å². The molecule has 0 aliphatic heterocycles. The van der Waals surface area contributed by atoms with Crippen LogP contribution in [0, 0.1) is 0 Å². The van der Waals surface area contributed by atoms with E-state index in [1.165, 1.54) is 0 Å². The first kappa shape index (κ1) is 18.4. The van der Waals surface area contributed by atoms with E-state index in [2.05, 4.69) is 4.74 Å². The molecule has 1 aromatic carbocycles. The highest BCUT2D eigenvalue weighted by Gasteiger charge is 2.24. The van der Waals surface area contributed by atoms with E-state index in [-0.39, 0.29) is 12.6 Å². The normalized spacial score (nSPS) is 13.2. The summed E-state index contributed by atoms with van der Waals surface area (Å²) < 4.78 is 25.8. The molecule has 0 heterocycles. The molecule has 7 nitrogen and oxygen atoms in total. The van der Waals surface area contributed by atoms with Crippen molar-refractivity contribution in [3.63, 3.8) is 0 Å². The van der Waals surface area contributed by atoms with Crippen molar-refractivity contribution in [2.24, 2.45) is 0 Å². The lowest BCUT2D eigenvalue weighted by Crippen LogP contribution is -2.09. The Morgan fingerprint density at radius 2 is 1.82 bits per heavy atom. The van der Waals surface area contributed by atoms with Crippen LogP contribution < -0.4 is 4.74 Å². The second-order valence-corrected chi connectivity index (χ2v) is 6.36. The fourth-order valence-electron chi connectivity index (χ4n) is 1.49. The molecule has 0 saturated carbocycles. The molecule has 1 aromatic rings. The third-order valence-electron chi connectivity index (χ3n) is 2.60. The monoisotopic (exact) mass is 330 g/mol. The molecule has 0 spiro atoms. The van der Waals surface area contributed by atoms with Crippen LogP contribution in [-0.4, -0.2) is 30.1 Å². The van der Waals surface area contributed by atoms with E-state index in [9.17, 15) is 19.0 Å². The standard InChI is InChI=1S/C14H19O7P/c1-3-4-13(15)21-12-7-5-11(6-8-12)9-20-22(17,18)10-14(16)19-2/h5-8H,3-4,9-10H2,1-2H3,(H,17,18). The molecule has 0 fully saturated rings. The molecule has 8 heteroatoms. The SMILES string of the molecule is CCCC(=O)Oc1ccc(COP(=O)(O)CC(=O)OC)cc1. The van der Waals surface area contributed by atoms with Crippen molar-refractivity contribution in [1.29, 1.82) is 0 Å². The summed E-state index contributed by atoms with van der Waals surface area (Å²) in [4.78, 5) is 31.8. The van der Waals surface area contributed by atoms with Gasteiger partial charge in [-0.1, -0.05) is 19.1 Å². The maximum Gasteiger partial charge on any atom is 0.339 e. The summed E-state index contributed by atoms with van der Waals surface area (Å²) in [5.41, 5.74) is 0.606. The minimum Gasteiger partial charge on any atom is -0.469 e. The smallest absolute Gasteiger partial charge is 0.339 e. The van der Waals surface area contributed by atoms with E-state index in [0.29, 0.717) is 24.2 Å². The number of rotatable bonds is 8. The van der Waals surface area contributed by atoms with E-state index >= 15 is 0 Å². The van der Waals surface area contributed by atoms with Crippen molar-refractivity contribution in [1.82, 2.24) is 0 Å². The van der Waals surface area contributed by atoms with Crippen molar-refractivity contribution < 1.29 is 33.0 Å². The molecule has 1 unspecified atom stereocenters. The quantitative estimate of drug-likeness (QED) is 0.443. The van der Waals surface area contributed by atoms with Gasteiger partial charge in [0.15, 0.2) is 0 Å². The maximum absolute atomic E-state index is 11.6. The number of hydrogen-bond donors (Lipinski definition) is 1. The van der Waals surface area contributed by atoms with Crippen molar-refractivity contribution >= 4 is 19.5 Å². The molecule has 0 saturated heterocycles. The number of benzene rings is 1. The molecule has 0 amide bonds. The van der Waals surface area contributed by atoms with Crippen LogP contribution in [0.2, 0.25) is 0 Å². The molecule has 0 aliphatic rings. The van der Waals surface area contributed by atoms with Gasteiger partial charge >= 0.3 is 19.5 Å². The van der Waals surface area contributed by atoms with Gasteiger partial charge in [-0.25, -0.2) is 0 Å². The Hall–Kier alpha value is -1.69. The molecule has 1 N–H and O–H groups in total. The van der Waals surface area contributed by atoms with Gasteiger partial charge in [0.25, 0.3) is 0 Å². The van der Waals surface area contributed by atoms with Crippen LogP contribution in [0.1, 0.15) is 25.3 Å². The molecular formula is C14H19O7P. The van der Waals surface area contributed by atoms with Crippen LogP contribution in [0.3, 0.4) is 0 Å². The number of carbonyl (C=O) groups is 2. The fourth-order valence-corrected chi connectivity index (χ4v) is 2.39. The Bertz CT molecular complexity index is 553. The predicted octanol–water partition coefficient (Wildman–Crippen LogP) is 2.27. The molecule has 22 heavy (non-hydrogen) atoms. The van der Waals surface area contributed by atoms with Gasteiger partial charge < -0.3 is 18.9 Å². The first-order chi connectivity index (χ1) is 10.4. The van der Waals surface area contributed by atoms with E-state index < -0.39 is 19.7 Å². The summed E-state index contributed by atoms with van der Waals surface area (Å²) in [7, 11) is -2.91. The highest BCUT2D eigenvalue weighted by molar-refractivity contribution is 7.53. The maximum atomic E-state index is 11.6. The molecule has 1 atom stereocenters. The van der Waals surface area contributed by atoms with Gasteiger partial charge in [0.05, 0.1) is 13.7 Å². The molecule has 0 radical (unpaired) electrons. The molecule has 122 valence electrons. The minimum atomic E-state index is -4.03. The third kappa shape index (κ3) is 6.85. The van der Waals surface area contributed by atoms with Crippen LogP contribution >= 0.6 is 7.60 Å². The first-order valence-electron chi connectivity index (χ1n) is 6.69. The van der Waals surface area contributed by atoms with Crippen molar-refractivity contribution in [3.05, 3.63) is 29.8 Å². The Balaban J connectivity index is 2.52. The summed E-state index contributed by atoms with van der Waals surface area (Å²) in [6.07, 6.45) is 0.346. The lowest BCUT2D eigenvalue weighted by Gasteiger charge is -2.11. The van der Waals surface area contributed by atoms with Crippen molar-refractivity contribution in [3.8, 4) is 5.75 Å². The number of hydrogen-bond acceptors (Lipinski definition) is 6. The summed E-state index contributed by atoms with van der Waals surface area (Å²) in [6.45, 7) is 1.73. The lowest BCUT2D eigenvalue weighted by molar-refractivity contribution is -0.138. The van der Waals surface area contributed by atoms with Crippen LogP contribution in [0.25, 0.3) is 0 Å². The van der Waals surface area contributed by atoms with Gasteiger partial charge in [-0.05, 0) is 24.1 Å². The second-order valence-electron chi connectivity index (χ2n) is 4.51. The van der Waals surface area contributed by atoms with Gasteiger partial charge in [0, 0.05) is 6.42 Å². The minimum absolute atomic E-state index is 0.145. The highest BCUT2D eigenvalue weighted by atomic mass is 31.2. The Kier molecular flexibility index (Phi) is 7.24. The zero-order chi connectivity index (χ0) is 16.6. The Morgan fingerprint density at radius 3 is 2.36 bits per heavy atom.